The molecule has 0 bridgehead atoms. The van der Waals surface area contributed by atoms with E-state index in [1.807, 2.05) is 18.2 Å². The number of fused-ring (bicyclic) bond motifs is 1. The minimum absolute atomic E-state index is 0.140. The van der Waals surface area contributed by atoms with Crippen LogP contribution in [0.5, 0.6) is 0 Å². The van der Waals surface area contributed by atoms with Crippen LogP contribution in [0, 0.1) is 0 Å². The monoisotopic (exact) mass is 547 g/mol. The van der Waals surface area contributed by atoms with Crippen LogP contribution < -0.4 is 5.32 Å². The summed E-state index contributed by atoms with van der Waals surface area (Å²) in [4.78, 5) is 27.3. The van der Waals surface area contributed by atoms with Gasteiger partial charge in [-0.25, -0.2) is 9.97 Å². The van der Waals surface area contributed by atoms with Gasteiger partial charge in [-0.05, 0) is 74.9 Å². The van der Waals surface area contributed by atoms with Crippen LogP contribution in [0.25, 0.3) is 5.95 Å². The maximum absolute atomic E-state index is 13.6. The standard InChI is InChI=1S/C29H28F3N7O/c30-29(31,32)26-36-28(39(37-26)27-33-17-22(18-34-27)25(40)20-6-2-1-3-7-20)35-23-11-8-19-9-12-24(13-10-21(19)16-23)38-14-4-5-15-38/h1-3,6-8,11,16-18,24H,4-5,9-10,12-15H2,(H,35,36,37). The minimum Gasteiger partial charge on any atom is -0.324 e. The molecule has 4 aromatic rings. The molecule has 1 aliphatic carbocycles. The second-order valence-corrected chi connectivity index (χ2v) is 10.2. The highest BCUT2D eigenvalue weighted by molar-refractivity contribution is 6.08. The van der Waals surface area contributed by atoms with E-state index in [1.54, 1.807) is 30.3 Å². The zero-order chi connectivity index (χ0) is 27.7. The number of carbonyl (C=O) groups is 1. The first-order chi connectivity index (χ1) is 19.3. The van der Waals surface area contributed by atoms with Gasteiger partial charge in [-0.1, -0.05) is 36.4 Å². The summed E-state index contributed by atoms with van der Waals surface area (Å²) in [5.74, 6) is -1.92. The summed E-state index contributed by atoms with van der Waals surface area (Å²) in [6, 6.07) is 15.0. The normalized spacial score (nSPS) is 17.8. The molecule has 6 rings (SSSR count). The van der Waals surface area contributed by atoms with Crippen molar-refractivity contribution >= 4 is 17.4 Å². The largest absolute Gasteiger partial charge is 0.453 e. The number of alkyl halides is 3. The first-order valence-electron chi connectivity index (χ1n) is 13.4. The molecule has 0 amide bonds. The van der Waals surface area contributed by atoms with Crippen molar-refractivity contribution in [1.29, 1.82) is 0 Å². The Balaban J connectivity index is 1.25. The lowest BCUT2D eigenvalue weighted by Gasteiger charge is -2.25. The molecular weight excluding hydrogens is 519 g/mol. The highest BCUT2D eigenvalue weighted by Gasteiger charge is 2.38. The van der Waals surface area contributed by atoms with E-state index >= 15 is 0 Å². The van der Waals surface area contributed by atoms with E-state index in [0.29, 0.717) is 17.3 Å². The molecule has 1 N–H and O–H groups in total. The zero-order valence-corrected chi connectivity index (χ0v) is 21.7. The summed E-state index contributed by atoms with van der Waals surface area (Å²) in [5.41, 5.74) is 3.73. The smallest absolute Gasteiger partial charge is 0.324 e. The van der Waals surface area contributed by atoms with Crippen molar-refractivity contribution in [1.82, 2.24) is 29.6 Å². The van der Waals surface area contributed by atoms with E-state index in [9.17, 15) is 18.0 Å². The predicted molar refractivity (Wildman–Crippen MR) is 143 cm³/mol. The fourth-order valence-electron chi connectivity index (χ4n) is 5.53. The number of likely N-dealkylation sites (tertiary alicyclic amines) is 1. The summed E-state index contributed by atoms with van der Waals surface area (Å²) in [7, 11) is 0. The van der Waals surface area contributed by atoms with Gasteiger partial charge < -0.3 is 10.2 Å². The lowest BCUT2D eigenvalue weighted by atomic mass is 10.0. The van der Waals surface area contributed by atoms with Crippen molar-refractivity contribution in [3.63, 3.8) is 0 Å². The number of rotatable bonds is 6. The summed E-state index contributed by atoms with van der Waals surface area (Å²) >= 11 is 0. The molecule has 1 aliphatic heterocycles. The molecule has 3 heterocycles. The average Bonchev–Trinajstić information content (AvgIpc) is 3.60. The first kappa shape index (κ1) is 26.1. The van der Waals surface area contributed by atoms with Crippen LogP contribution in [-0.2, 0) is 19.0 Å². The third-order valence-electron chi connectivity index (χ3n) is 7.60. The Morgan fingerprint density at radius 2 is 1.60 bits per heavy atom. The van der Waals surface area contributed by atoms with Crippen molar-refractivity contribution in [2.45, 2.75) is 50.7 Å². The van der Waals surface area contributed by atoms with Gasteiger partial charge in [-0.15, -0.1) is 5.10 Å². The van der Waals surface area contributed by atoms with Crippen LogP contribution in [0.3, 0.4) is 0 Å². The number of benzene rings is 2. The first-order valence-corrected chi connectivity index (χ1v) is 13.4. The van der Waals surface area contributed by atoms with Crippen LogP contribution in [0.15, 0.2) is 60.9 Å². The van der Waals surface area contributed by atoms with Gasteiger partial charge in [-0.3, -0.25) is 4.79 Å². The Hall–Kier alpha value is -4.12. The molecule has 206 valence electrons. The van der Waals surface area contributed by atoms with Crippen molar-refractivity contribution in [3.05, 3.63) is 89.0 Å². The number of anilines is 2. The molecule has 8 nitrogen and oxygen atoms in total. The third kappa shape index (κ3) is 5.46. The SMILES string of the molecule is O=C(c1ccccc1)c1cnc(-n2nc(C(F)(F)F)nc2Nc2ccc3c(c2)CCC(N2CCCC2)CC3)nc1. The fraction of sp³-hybridized carbons (Fsp3) is 0.345. The van der Waals surface area contributed by atoms with Crippen molar-refractivity contribution in [2.75, 3.05) is 18.4 Å². The highest BCUT2D eigenvalue weighted by Crippen LogP contribution is 2.31. The van der Waals surface area contributed by atoms with Gasteiger partial charge in [0.2, 0.25) is 5.95 Å². The molecule has 2 aromatic heterocycles. The minimum atomic E-state index is -4.76. The Labute approximate surface area is 229 Å². The van der Waals surface area contributed by atoms with Gasteiger partial charge in [0.25, 0.3) is 11.8 Å². The summed E-state index contributed by atoms with van der Waals surface area (Å²) in [6.45, 7) is 2.32. The van der Waals surface area contributed by atoms with Crippen molar-refractivity contribution in [3.8, 4) is 5.95 Å². The van der Waals surface area contributed by atoms with Crippen LogP contribution in [0.2, 0.25) is 0 Å². The lowest BCUT2D eigenvalue weighted by molar-refractivity contribution is -0.144. The third-order valence-corrected chi connectivity index (χ3v) is 7.60. The molecule has 1 unspecified atom stereocenters. The number of aryl methyl sites for hydroxylation is 2. The lowest BCUT2D eigenvalue weighted by Crippen LogP contribution is -2.32. The van der Waals surface area contributed by atoms with E-state index < -0.39 is 12.0 Å². The van der Waals surface area contributed by atoms with Gasteiger partial charge in [-0.2, -0.15) is 22.8 Å². The molecule has 1 fully saturated rings. The quantitative estimate of drug-likeness (QED) is 0.256. The Kier molecular flexibility index (Phi) is 7.05. The molecule has 1 saturated heterocycles. The van der Waals surface area contributed by atoms with Crippen LogP contribution in [-0.4, -0.2) is 54.5 Å². The van der Waals surface area contributed by atoms with E-state index in [0.717, 1.165) is 43.5 Å². The Morgan fingerprint density at radius 3 is 2.30 bits per heavy atom. The maximum Gasteiger partial charge on any atom is 0.453 e. The molecule has 40 heavy (non-hydrogen) atoms. The number of hydrogen-bond acceptors (Lipinski definition) is 7. The summed E-state index contributed by atoms with van der Waals surface area (Å²) in [6.07, 6.45) is 4.37. The second-order valence-electron chi connectivity index (χ2n) is 10.2. The van der Waals surface area contributed by atoms with Gasteiger partial charge in [0.15, 0.2) is 5.78 Å². The van der Waals surface area contributed by atoms with Gasteiger partial charge in [0.1, 0.15) is 0 Å². The zero-order valence-electron chi connectivity index (χ0n) is 21.7. The maximum atomic E-state index is 13.6. The molecular formula is C29H28F3N7O. The number of ketones is 1. The van der Waals surface area contributed by atoms with Gasteiger partial charge >= 0.3 is 6.18 Å². The van der Waals surface area contributed by atoms with Crippen LogP contribution in [0.1, 0.15) is 58.6 Å². The topological polar surface area (TPSA) is 88.8 Å². The van der Waals surface area contributed by atoms with E-state index in [2.05, 4.69) is 30.3 Å². The van der Waals surface area contributed by atoms with Crippen molar-refractivity contribution in [2.24, 2.45) is 0 Å². The van der Waals surface area contributed by atoms with Crippen LogP contribution in [0.4, 0.5) is 24.8 Å². The van der Waals surface area contributed by atoms with Crippen molar-refractivity contribution < 1.29 is 18.0 Å². The number of nitrogens with zero attached hydrogens (tertiary/aromatic N) is 6. The number of nitrogens with one attached hydrogen (secondary N) is 1. The van der Waals surface area contributed by atoms with E-state index in [-0.39, 0.29) is 23.2 Å². The summed E-state index contributed by atoms with van der Waals surface area (Å²) < 4.78 is 41.6. The number of carbonyl (C=O) groups excluding carboxylic acids is 1. The average molecular weight is 548 g/mol. The molecule has 0 saturated carbocycles. The number of aromatic nitrogens is 5. The second kappa shape index (κ2) is 10.8. The van der Waals surface area contributed by atoms with Gasteiger partial charge in [0, 0.05) is 29.7 Å². The molecule has 11 heteroatoms. The predicted octanol–water partition coefficient (Wildman–Crippen LogP) is 5.39. The molecule has 2 aliphatic rings. The Morgan fingerprint density at radius 1 is 0.900 bits per heavy atom. The van der Waals surface area contributed by atoms with E-state index in [1.165, 1.54) is 36.4 Å². The molecule has 0 radical (unpaired) electrons. The van der Waals surface area contributed by atoms with Gasteiger partial charge in [0.05, 0.1) is 5.56 Å². The van der Waals surface area contributed by atoms with Crippen LogP contribution >= 0.6 is 0 Å². The highest BCUT2D eigenvalue weighted by atomic mass is 19.4. The van der Waals surface area contributed by atoms with E-state index in [4.69, 9.17) is 0 Å². The molecule has 2 aromatic carbocycles. The Bertz CT molecular complexity index is 1500. The summed E-state index contributed by atoms with van der Waals surface area (Å²) in [5, 5.41) is 6.64. The fourth-order valence-corrected chi connectivity index (χ4v) is 5.53. The molecule has 0 spiro atoms. The number of halogens is 3. The molecule has 1 atom stereocenters. The number of hydrogen-bond donors (Lipinski definition) is 1.